The Morgan fingerprint density at radius 2 is 1.84 bits per heavy atom. The molecule has 0 unspecified atom stereocenters. The molecule has 6 nitrogen and oxygen atoms in total. The Balaban J connectivity index is 1.89. The van der Waals surface area contributed by atoms with Crippen molar-refractivity contribution in [1.29, 1.82) is 0 Å². The van der Waals surface area contributed by atoms with Gasteiger partial charge in [0.05, 0.1) is 22.0 Å². The molecule has 3 rings (SSSR count). The van der Waals surface area contributed by atoms with E-state index in [2.05, 4.69) is 10.2 Å². The van der Waals surface area contributed by atoms with Crippen LogP contribution < -0.4 is 19.8 Å². The van der Waals surface area contributed by atoms with Gasteiger partial charge in [0, 0.05) is 31.4 Å². The summed E-state index contributed by atoms with van der Waals surface area (Å²) in [6.07, 6.45) is 1.02. The Labute approximate surface area is 153 Å². The first-order valence-corrected chi connectivity index (χ1v) is 9.89. The quantitative estimate of drug-likeness (QED) is 0.629. The molecule has 0 spiro atoms. The van der Waals surface area contributed by atoms with Gasteiger partial charge in [-0.2, -0.15) is 12.2 Å². The van der Waals surface area contributed by atoms with Gasteiger partial charge in [-0.15, -0.1) is 0 Å². The highest BCUT2D eigenvalue weighted by atomic mass is 35.5. The minimum absolute atomic E-state index is 0.0700. The Bertz CT molecular complexity index is 822. The van der Waals surface area contributed by atoms with E-state index in [1.54, 1.807) is 42.5 Å². The summed E-state index contributed by atoms with van der Waals surface area (Å²) in [5, 5.41) is 3.33. The fourth-order valence-corrected chi connectivity index (χ4v) is 4.30. The molecule has 2 aromatic rings. The van der Waals surface area contributed by atoms with E-state index in [0.717, 1.165) is 42.1 Å². The van der Waals surface area contributed by atoms with E-state index in [9.17, 15) is 8.42 Å². The van der Waals surface area contributed by atoms with E-state index < -0.39 is 10.0 Å². The summed E-state index contributed by atoms with van der Waals surface area (Å²) in [7, 11) is -3.88. The number of hydrogen-bond acceptors (Lipinski definition) is 5. The minimum atomic E-state index is -3.88. The number of sulfonamides is 1. The topological polar surface area (TPSA) is 78.7 Å². The lowest BCUT2D eigenvalue weighted by Gasteiger charge is -2.24. The minimum Gasteiger partial charge on any atom is -0.397 e. The summed E-state index contributed by atoms with van der Waals surface area (Å²) in [6, 6.07) is 13.3. The molecule has 0 radical (unpaired) electrons. The van der Waals surface area contributed by atoms with Gasteiger partial charge in [-0.1, -0.05) is 18.2 Å². The fraction of sp³-hybridized carbons (Fsp3) is 0.294. The van der Waals surface area contributed by atoms with E-state index in [1.165, 1.54) is 6.07 Å². The lowest BCUT2D eigenvalue weighted by molar-refractivity contribution is 0.598. The second-order valence-electron chi connectivity index (χ2n) is 5.87. The smallest absolute Gasteiger partial charge is 0.278 e. The van der Waals surface area contributed by atoms with Crippen molar-refractivity contribution in [2.45, 2.75) is 11.3 Å². The molecule has 0 saturated carbocycles. The summed E-state index contributed by atoms with van der Waals surface area (Å²) in [5.74, 6) is 0. The van der Waals surface area contributed by atoms with Crippen LogP contribution in [0.5, 0.6) is 0 Å². The zero-order valence-corrected chi connectivity index (χ0v) is 15.3. The highest BCUT2D eigenvalue weighted by Crippen LogP contribution is 2.31. The van der Waals surface area contributed by atoms with Crippen LogP contribution in [-0.4, -0.2) is 34.6 Å². The number of anilines is 3. The van der Waals surface area contributed by atoms with E-state index in [1.807, 2.05) is 0 Å². The Kier molecular flexibility index (Phi) is 5.36. The zero-order chi connectivity index (χ0) is 17.9. The first kappa shape index (κ1) is 17.8. The molecule has 1 aliphatic heterocycles. The lowest BCUT2D eigenvalue weighted by Crippen LogP contribution is -2.28. The van der Waals surface area contributed by atoms with Crippen LogP contribution in [0.2, 0.25) is 0 Å². The molecule has 0 bridgehead atoms. The number of hydrogen-bond donors (Lipinski definition) is 2. The van der Waals surface area contributed by atoms with Crippen LogP contribution in [0.25, 0.3) is 0 Å². The molecule has 1 fully saturated rings. The maximum absolute atomic E-state index is 12.7. The van der Waals surface area contributed by atoms with Crippen molar-refractivity contribution in [3.63, 3.8) is 0 Å². The Hall–Kier alpha value is -1.96. The van der Waals surface area contributed by atoms with Gasteiger partial charge in [0.1, 0.15) is 0 Å². The van der Waals surface area contributed by atoms with Gasteiger partial charge in [-0.25, -0.2) is 0 Å². The zero-order valence-electron chi connectivity index (χ0n) is 13.7. The standard InChI is InChI=1S/C17H21ClN4O2S/c18-22(14-5-2-1-3-6-14)25(23,24)15-7-8-17(16(19)13-15)21-11-4-9-20-10-12-21/h1-3,5-8,13,20H,4,9-12,19H2. The highest BCUT2D eigenvalue weighted by Gasteiger charge is 2.25. The van der Waals surface area contributed by atoms with Crippen LogP contribution in [0.15, 0.2) is 53.4 Å². The summed E-state index contributed by atoms with van der Waals surface area (Å²) in [4.78, 5) is 2.24. The number of nitrogen functional groups attached to an aromatic ring is 1. The van der Waals surface area contributed by atoms with Crippen molar-refractivity contribution in [3.8, 4) is 0 Å². The fourth-order valence-electron chi connectivity index (χ4n) is 2.84. The first-order chi connectivity index (χ1) is 12.0. The second-order valence-corrected chi connectivity index (χ2v) is 8.19. The molecule has 8 heteroatoms. The van der Waals surface area contributed by atoms with Crippen molar-refractivity contribution in [1.82, 2.24) is 5.32 Å². The van der Waals surface area contributed by atoms with Gasteiger partial charge in [0.25, 0.3) is 10.0 Å². The monoisotopic (exact) mass is 380 g/mol. The third-order valence-electron chi connectivity index (χ3n) is 4.15. The number of halogens is 1. The highest BCUT2D eigenvalue weighted by molar-refractivity contribution is 7.94. The predicted octanol–water partition coefficient (Wildman–Crippen LogP) is 2.42. The molecular formula is C17H21ClN4O2S. The molecule has 0 aromatic heterocycles. The SMILES string of the molecule is Nc1cc(S(=O)(=O)N(Cl)c2ccccc2)ccc1N1CCCNCC1. The average Bonchev–Trinajstić information content (AvgIpc) is 2.91. The summed E-state index contributed by atoms with van der Waals surface area (Å²) in [5.41, 5.74) is 7.81. The molecule has 2 aromatic carbocycles. The van der Waals surface area contributed by atoms with Crippen LogP contribution in [0.4, 0.5) is 17.1 Å². The molecule has 3 N–H and O–H groups in total. The lowest BCUT2D eigenvalue weighted by atomic mass is 10.2. The Morgan fingerprint density at radius 3 is 2.56 bits per heavy atom. The summed E-state index contributed by atoms with van der Waals surface area (Å²) < 4.78 is 26.2. The second kappa shape index (κ2) is 7.51. The molecule has 0 atom stereocenters. The van der Waals surface area contributed by atoms with Crippen molar-refractivity contribution in [2.24, 2.45) is 0 Å². The van der Waals surface area contributed by atoms with Gasteiger partial charge in [-0.3, -0.25) is 0 Å². The van der Waals surface area contributed by atoms with E-state index in [4.69, 9.17) is 17.5 Å². The molecule has 0 amide bonds. The van der Waals surface area contributed by atoms with E-state index in [-0.39, 0.29) is 4.90 Å². The van der Waals surface area contributed by atoms with Crippen LogP contribution in [-0.2, 0) is 10.0 Å². The number of nitrogens with zero attached hydrogens (tertiary/aromatic N) is 2. The van der Waals surface area contributed by atoms with Gasteiger partial charge < -0.3 is 16.0 Å². The third kappa shape index (κ3) is 3.84. The largest absolute Gasteiger partial charge is 0.397 e. The van der Waals surface area contributed by atoms with Crippen LogP contribution in [0.3, 0.4) is 0 Å². The van der Waals surface area contributed by atoms with Crippen LogP contribution >= 0.6 is 11.8 Å². The van der Waals surface area contributed by atoms with E-state index >= 15 is 0 Å². The molecule has 134 valence electrons. The molecule has 1 heterocycles. The number of nitrogens with one attached hydrogen (secondary N) is 1. The third-order valence-corrected chi connectivity index (χ3v) is 6.37. The maximum Gasteiger partial charge on any atom is 0.278 e. The van der Waals surface area contributed by atoms with Gasteiger partial charge in [0.15, 0.2) is 0 Å². The van der Waals surface area contributed by atoms with Crippen molar-refractivity contribution < 1.29 is 8.42 Å². The summed E-state index contributed by atoms with van der Waals surface area (Å²) in [6.45, 7) is 3.57. The molecule has 25 heavy (non-hydrogen) atoms. The molecule has 0 aliphatic carbocycles. The number of rotatable bonds is 4. The number of nitrogens with two attached hydrogens (primary N) is 1. The van der Waals surface area contributed by atoms with Crippen LogP contribution in [0, 0.1) is 0 Å². The van der Waals surface area contributed by atoms with Crippen LogP contribution in [0.1, 0.15) is 6.42 Å². The van der Waals surface area contributed by atoms with Gasteiger partial charge >= 0.3 is 0 Å². The summed E-state index contributed by atoms with van der Waals surface area (Å²) >= 11 is 6.08. The number of benzene rings is 2. The van der Waals surface area contributed by atoms with Crippen molar-refractivity contribution in [2.75, 3.05) is 40.6 Å². The van der Waals surface area contributed by atoms with Crippen molar-refractivity contribution in [3.05, 3.63) is 48.5 Å². The van der Waals surface area contributed by atoms with E-state index in [0.29, 0.717) is 11.4 Å². The first-order valence-electron chi connectivity index (χ1n) is 8.11. The number of para-hydroxylation sites is 1. The van der Waals surface area contributed by atoms with Gasteiger partial charge in [-0.05, 0) is 43.3 Å². The van der Waals surface area contributed by atoms with Gasteiger partial charge in [0.2, 0.25) is 0 Å². The normalized spacial score (nSPS) is 15.6. The maximum atomic E-state index is 12.7. The van der Waals surface area contributed by atoms with Crippen molar-refractivity contribution >= 4 is 38.9 Å². The predicted molar refractivity (Wildman–Crippen MR) is 103 cm³/mol. The Morgan fingerprint density at radius 1 is 1.08 bits per heavy atom. The molecule has 1 aliphatic rings. The molecular weight excluding hydrogens is 360 g/mol. The molecule has 1 saturated heterocycles. The average molecular weight is 381 g/mol.